The number of allylic oxidation sites excluding steroid dienone is 2. The highest BCUT2D eigenvalue weighted by Crippen LogP contribution is 2.35. The van der Waals surface area contributed by atoms with Gasteiger partial charge in [0.15, 0.2) is 11.4 Å². The van der Waals surface area contributed by atoms with Gasteiger partial charge in [-0.25, -0.2) is 4.68 Å². The first kappa shape index (κ1) is 19.9. The molecule has 8 nitrogen and oxygen atoms in total. The molecule has 1 amide bonds. The summed E-state index contributed by atoms with van der Waals surface area (Å²) in [7, 11) is 1.61. The Morgan fingerprint density at radius 2 is 2.10 bits per heavy atom. The van der Waals surface area contributed by atoms with E-state index in [1.54, 1.807) is 26.3 Å². The zero-order chi connectivity index (χ0) is 21.0. The summed E-state index contributed by atoms with van der Waals surface area (Å²) in [5.41, 5.74) is 6.22. The molecule has 2 heterocycles. The quantitative estimate of drug-likeness (QED) is 0.602. The standard InChI is InChI=1S/C21H21N5O3/c1-3-7-15(22)10-11-23-18(14-8-5-4-6-9-14)16-13-25(2)21(29)19-20(28)17(27)12-24-26(16)19/h4-6,8-12,16,18,28H,13,22H2,1-2H3/t16-,18-/m0/s1. The van der Waals surface area contributed by atoms with Gasteiger partial charge in [-0.1, -0.05) is 36.3 Å². The molecular weight excluding hydrogens is 370 g/mol. The molecule has 1 aromatic carbocycles. The first-order valence-electron chi connectivity index (χ1n) is 8.97. The van der Waals surface area contributed by atoms with Gasteiger partial charge in [-0.2, -0.15) is 5.10 Å². The van der Waals surface area contributed by atoms with Crippen LogP contribution in [0.15, 0.2) is 58.1 Å². The maximum atomic E-state index is 12.6. The Morgan fingerprint density at radius 1 is 1.38 bits per heavy atom. The Balaban J connectivity index is 2.12. The third-order valence-electron chi connectivity index (χ3n) is 4.59. The number of fused-ring (bicyclic) bond motifs is 1. The van der Waals surface area contributed by atoms with Gasteiger partial charge in [0.1, 0.15) is 0 Å². The van der Waals surface area contributed by atoms with Crippen molar-refractivity contribution in [2.24, 2.45) is 10.7 Å². The molecular formula is C21H21N5O3. The Bertz CT molecular complexity index is 1090. The number of carbonyl (C=O) groups excluding carboxylic acids is 1. The predicted octanol–water partition coefficient (Wildman–Crippen LogP) is 1.25. The highest BCUT2D eigenvalue weighted by atomic mass is 16.3. The molecule has 0 bridgehead atoms. The highest BCUT2D eigenvalue weighted by Gasteiger charge is 2.37. The van der Waals surface area contributed by atoms with Crippen molar-refractivity contribution < 1.29 is 9.90 Å². The summed E-state index contributed by atoms with van der Waals surface area (Å²) < 4.78 is 1.38. The molecule has 3 rings (SSSR count). The second-order valence-corrected chi connectivity index (χ2v) is 6.55. The maximum absolute atomic E-state index is 12.6. The van der Waals surface area contributed by atoms with Gasteiger partial charge in [0.05, 0.1) is 24.0 Å². The predicted molar refractivity (Wildman–Crippen MR) is 110 cm³/mol. The minimum absolute atomic E-state index is 0.140. The number of likely N-dealkylation sites (N-methyl/N-ethyl adjacent to an activating group) is 1. The van der Waals surface area contributed by atoms with E-state index in [1.165, 1.54) is 9.58 Å². The van der Waals surface area contributed by atoms with Gasteiger partial charge in [0.25, 0.3) is 5.91 Å². The molecule has 29 heavy (non-hydrogen) atoms. The van der Waals surface area contributed by atoms with Crippen LogP contribution in [0.4, 0.5) is 0 Å². The fourth-order valence-corrected chi connectivity index (χ4v) is 3.22. The lowest BCUT2D eigenvalue weighted by Crippen LogP contribution is -2.44. The lowest BCUT2D eigenvalue weighted by atomic mass is 9.97. The summed E-state index contributed by atoms with van der Waals surface area (Å²) in [6.07, 6.45) is 4.17. The zero-order valence-electron chi connectivity index (χ0n) is 16.1. The van der Waals surface area contributed by atoms with Gasteiger partial charge < -0.3 is 15.7 Å². The van der Waals surface area contributed by atoms with Gasteiger partial charge in [-0.15, -0.1) is 0 Å². The summed E-state index contributed by atoms with van der Waals surface area (Å²) in [5, 5.41) is 14.3. The van der Waals surface area contributed by atoms with Gasteiger partial charge >= 0.3 is 0 Å². The summed E-state index contributed by atoms with van der Waals surface area (Å²) in [6, 6.07) is 8.62. The van der Waals surface area contributed by atoms with Crippen LogP contribution in [0.1, 0.15) is 35.1 Å². The number of aliphatic imine (C=N–C) groups is 1. The van der Waals surface area contributed by atoms with Crippen molar-refractivity contribution in [3.63, 3.8) is 0 Å². The van der Waals surface area contributed by atoms with E-state index in [1.807, 2.05) is 30.3 Å². The van der Waals surface area contributed by atoms with Crippen molar-refractivity contribution >= 4 is 12.1 Å². The van der Waals surface area contributed by atoms with Crippen LogP contribution >= 0.6 is 0 Å². The van der Waals surface area contributed by atoms with E-state index in [4.69, 9.17) is 5.73 Å². The van der Waals surface area contributed by atoms with E-state index in [-0.39, 0.29) is 5.69 Å². The second-order valence-electron chi connectivity index (χ2n) is 6.55. The smallest absolute Gasteiger partial charge is 0.275 e. The van der Waals surface area contributed by atoms with Crippen molar-refractivity contribution in [3.8, 4) is 17.6 Å². The fourth-order valence-electron chi connectivity index (χ4n) is 3.22. The highest BCUT2D eigenvalue weighted by molar-refractivity contribution is 5.95. The van der Waals surface area contributed by atoms with Gasteiger partial charge in [0.2, 0.25) is 5.43 Å². The number of benzene rings is 1. The molecule has 2 aromatic rings. The van der Waals surface area contributed by atoms with Crippen LogP contribution in [0.2, 0.25) is 0 Å². The zero-order valence-corrected chi connectivity index (χ0v) is 16.1. The normalized spacial score (nSPS) is 17.6. The molecule has 1 aliphatic heterocycles. The molecule has 8 heteroatoms. The molecule has 2 atom stereocenters. The number of aromatic nitrogens is 2. The molecule has 0 aliphatic carbocycles. The summed E-state index contributed by atoms with van der Waals surface area (Å²) in [6.45, 7) is 1.99. The molecule has 1 aromatic heterocycles. The van der Waals surface area contributed by atoms with Crippen molar-refractivity contribution in [1.29, 1.82) is 0 Å². The summed E-state index contributed by atoms with van der Waals surface area (Å²) in [4.78, 5) is 30.5. The number of nitrogens with two attached hydrogens (primary N) is 1. The summed E-state index contributed by atoms with van der Waals surface area (Å²) >= 11 is 0. The third-order valence-corrected chi connectivity index (χ3v) is 4.59. The number of aromatic hydroxyl groups is 1. The van der Waals surface area contributed by atoms with Crippen LogP contribution < -0.4 is 11.2 Å². The Morgan fingerprint density at radius 3 is 2.79 bits per heavy atom. The summed E-state index contributed by atoms with van der Waals surface area (Å²) in [5.74, 6) is 4.37. The first-order valence-corrected chi connectivity index (χ1v) is 8.97. The van der Waals surface area contributed by atoms with Gasteiger partial charge in [-0.05, 0) is 24.5 Å². The molecule has 148 valence electrons. The second kappa shape index (κ2) is 8.44. The average molecular weight is 391 g/mol. The lowest BCUT2D eigenvalue weighted by molar-refractivity contribution is 0.0681. The minimum Gasteiger partial charge on any atom is -0.502 e. The number of carbonyl (C=O) groups is 1. The van der Waals surface area contributed by atoms with E-state index in [9.17, 15) is 14.7 Å². The molecule has 0 fully saturated rings. The lowest BCUT2D eigenvalue weighted by Gasteiger charge is -2.35. The number of hydrogen-bond acceptors (Lipinski definition) is 6. The molecule has 3 N–H and O–H groups in total. The number of rotatable bonds is 4. The van der Waals surface area contributed by atoms with E-state index in [2.05, 4.69) is 21.9 Å². The number of amides is 1. The average Bonchev–Trinajstić information content (AvgIpc) is 2.71. The Kier molecular flexibility index (Phi) is 5.79. The largest absolute Gasteiger partial charge is 0.502 e. The van der Waals surface area contributed by atoms with Crippen molar-refractivity contribution in [1.82, 2.24) is 14.7 Å². The SMILES string of the molecule is CC#CC(N)=CC=N[C@@H](c1ccccc1)[C@@H]1CN(C)C(=O)c2c(O)c(=O)cnn21. The molecule has 0 saturated carbocycles. The van der Waals surface area contributed by atoms with Crippen LogP contribution in [0.5, 0.6) is 5.75 Å². The van der Waals surface area contributed by atoms with Crippen molar-refractivity contribution in [3.05, 3.63) is 69.8 Å². The molecule has 0 spiro atoms. The van der Waals surface area contributed by atoms with Crippen LogP contribution in [0.25, 0.3) is 0 Å². The van der Waals surface area contributed by atoms with Crippen LogP contribution in [0.3, 0.4) is 0 Å². The van der Waals surface area contributed by atoms with E-state index in [0.717, 1.165) is 11.8 Å². The van der Waals surface area contributed by atoms with Crippen LogP contribution in [-0.2, 0) is 0 Å². The fraction of sp³-hybridized carbons (Fsp3) is 0.238. The van der Waals surface area contributed by atoms with E-state index in [0.29, 0.717) is 12.2 Å². The van der Waals surface area contributed by atoms with Gasteiger partial charge in [0, 0.05) is 19.8 Å². The third kappa shape index (κ3) is 4.04. The molecule has 0 unspecified atom stereocenters. The van der Waals surface area contributed by atoms with E-state index < -0.39 is 29.2 Å². The molecule has 0 saturated heterocycles. The van der Waals surface area contributed by atoms with Crippen LogP contribution in [0, 0.1) is 11.8 Å². The minimum atomic E-state index is -0.702. The Labute approximate surface area is 168 Å². The van der Waals surface area contributed by atoms with Crippen LogP contribution in [-0.4, -0.2) is 45.5 Å². The molecule has 0 radical (unpaired) electrons. The number of hydrogen-bond donors (Lipinski definition) is 2. The molecule has 1 aliphatic rings. The van der Waals surface area contributed by atoms with E-state index >= 15 is 0 Å². The van der Waals surface area contributed by atoms with Crippen molar-refractivity contribution in [2.75, 3.05) is 13.6 Å². The maximum Gasteiger partial charge on any atom is 0.275 e. The topological polar surface area (TPSA) is 114 Å². The van der Waals surface area contributed by atoms with Crippen molar-refractivity contribution in [2.45, 2.75) is 19.0 Å². The monoisotopic (exact) mass is 391 g/mol. The number of nitrogens with zero attached hydrogens (tertiary/aromatic N) is 4. The first-order chi connectivity index (χ1) is 13.9. The van der Waals surface area contributed by atoms with Gasteiger partial charge in [-0.3, -0.25) is 14.6 Å². The Hall–Kier alpha value is -3.86.